The van der Waals surface area contributed by atoms with Crippen molar-refractivity contribution in [3.63, 3.8) is 0 Å². The molecule has 0 aliphatic rings. The highest BCUT2D eigenvalue weighted by Gasteiger charge is 1.95. The molecule has 74 valence electrons. The SMILES string of the molecule is CC(Cc1ccccc1)=NNC(N)=O. The summed E-state index contributed by atoms with van der Waals surface area (Å²) in [5.41, 5.74) is 9.04. The third-order valence-corrected chi connectivity index (χ3v) is 1.66. The van der Waals surface area contributed by atoms with Crippen molar-refractivity contribution in [1.82, 2.24) is 5.43 Å². The van der Waals surface area contributed by atoms with Gasteiger partial charge in [0.15, 0.2) is 0 Å². The Bertz CT molecular complexity index is 332. The second-order valence-corrected chi connectivity index (χ2v) is 2.99. The fourth-order valence-electron chi connectivity index (χ4n) is 1.08. The topological polar surface area (TPSA) is 67.5 Å². The number of hydrogen-bond acceptors (Lipinski definition) is 2. The number of nitrogens with one attached hydrogen (secondary N) is 1. The van der Waals surface area contributed by atoms with Gasteiger partial charge in [-0.05, 0) is 12.5 Å². The van der Waals surface area contributed by atoms with Gasteiger partial charge < -0.3 is 5.73 Å². The molecule has 4 heteroatoms. The molecule has 0 unspecified atom stereocenters. The zero-order valence-electron chi connectivity index (χ0n) is 8.03. The van der Waals surface area contributed by atoms with Crippen LogP contribution in [0.3, 0.4) is 0 Å². The van der Waals surface area contributed by atoms with E-state index in [1.807, 2.05) is 37.3 Å². The fourth-order valence-corrected chi connectivity index (χ4v) is 1.08. The first-order chi connectivity index (χ1) is 6.68. The van der Waals surface area contributed by atoms with E-state index in [9.17, 15) is 4.79 Å². The number of benzene rings is 1. The third kappa shape index (κ3) is 3.71. The van der Waals surface area contributed by atoms with Gasteiger partial charge in [-0.15, -0.1) is 0 Å². The Hall–Kier alpha value is -1.84. The molecule has 0 saturated carbocycles. The molecule has 0 atom stereocenters. The van der Waals surface area contributed by atoms with Crippen LogP contribution in [0.15, 0.2) is 35.4 Å². The normalized spacial score (nSPS) is 11.1. The molecule has 1 rings (SSSR count). The van der Waals surface area contributed by atoms with Crippen molar-refractivity contribution in [2.24, 2.45) is 10.8 Å². The Morgan fingerprint density at radius 2 is 2.07 bits per heavy atom. The lowest BCUT2D eigenvalue weighted by atomic mass is 10.1. The Morgan fingerprint density at radius 3 is 2.64 bits per heavy atom. The summed E-state index contributed by atoms with van der Waals surface area (Å²) >= 11 is 0. The summed E-state index contributed by atoms with van der Waals surface area (Å²) in [6.07, 6.45) is 0.709. The number of primary amides is 1. The lowest BCUT2D eigenvalue weighted by molar-refractivity contribution is 0.249. The second-order valence-electron chi connectivity index (χ2n) is 2.99. The van der Waals surface area contributed by atoms with E-state index in [2.05, 4.69) is 10.5 Å². The minimum atomic E-state index is -0.641. The predicted molar refractivity (Wildman–Crippen MR) is 56.0 cm³/mol. The van der Waals surface area contributed by atoms with Crippen molar-refractivity contribution in [1.29, 1.82) is 0 Å². The Morgan fingerprint density at radius 1 is 1.43 bits per heavy atom. The van der Waals surface area contributed by atoms with Crippen molar-refractivity contribution in [2.75, 3.05) is 0 Å². The molecule has 14 heavy (non-hydrogen) atoms. The molecular weight excluding hydrogens is 178 g/mol. The van der Waals surface area contributed by atoms with Gasteiger partial charge in [-0.1, -0.05) is 30.3 Å². The van der Waals surface area contributed by atoms with Crippen molar-refractivity contribution in [2.45, 2.75) is 13.3 Å². The number of rotatable bonds is 3. The van der Waals surface area contributed by atoms with Crippen LogP contribution < -0.4 is 11.2 Å². The highest BCUT2D eigenvalue weighted by atomic mass is 16.2. The van der Waals surface area contributed by atoms with Crippen LogP contribution in [-0.4, -0.2) is 11.7 Å². The van der Waals surface area contributed by atoms with Crippen LogP contribution in [-0.2, 0) is 6.42 Å². The van der Waals surface area contributed by atoms with Gasteiger partial charge in [-0.25, -0.2) is 10.2 Å². The molecular formula is C10H13N3O. The van der Waals surface area contributed by atoms with Gasteiger partial charge in [-0.2, -0.15) is 5.10 Å². The van der Waals surface area contributed by atoms with Crippen LogP contribution in [0, 0.1) is 0 Å². The zero-order valence-corrected chi connectivity index (χ0v) is 8.03. The van der Waals surface area contributed by atoms with Gasteiger partial charge in [0.25, 0.3) is 0 Å². The van der Waals surface area contributed by atoms with Crippen LogP contribution in [0.5, 0.6) is 0 Å². The van der Waals surface area contributed by atoms with Gasteiger partial charge in [0.05, 0.1) is 0 Å². The number of urea groups is 1. The van der Waals surface area contributed by atoms with E-state index in [-0.39, 0.29) is 0 Å². The molecule has 0 aliphatic carbocycles. The summed E-state index contributed by atoms with van der Waals surface area (Å²) in [5.74, 6) is 0. The van der Waals surface area contributed by atoms with Gasteiger partial charge >= 0.3 is 6.03 Å². The van der Waals surface area contributed by atoms with Crippen molar-refractivity contribution < 1.29 is 4.79 Å². The number of nitrogens with two attached hydrogens (primary N) is 1. The summed E-state index contributed by atoms with van der Waals surface area (Å²) in [7, 11) is 0. The molecule has 0 heterocycles. The van der Waals surface area contributed by atoms with Crippen molar-refractivity contribution in [3.8, 4) is 0 Å². The van der Waals surface area contributed by atoms with E-state index in [0.717, 1.165) is 11.3 Å². The maximum absolute atomic E-state index is 10.4. The van der Waals surface area contributed by atoms with Crippen molar-refractivity contribution >= 4 is 11.7 Å². The Kier molecular flexibility index (Phi) is 3.67. The Labute approximate surface area is 82.8 Å². The number of nitrogens with zero attached hydrogens (tertiary/aromatic N) is 1. The summed E-state index contributed by atoms with van der Waals surface area (Å²) in [5, 5.41) is 3.81. The minimum absolute atomic E-state index is 0.641. The van der Waals surface area contributed by atoms with E-state index in [0.29, 0.717) is 6.42 Å². The van der Waals surface area contributed by atoms with Crippen LogP contribution in [0.25, 0.3) is 0 Å². The molecule has 0 radical (unpaired) electrons. The molecule has 0 bridgehead atoms. The highest BCUT2D eigenvalue weighted by molar-refractivity contribution is 5.85. The average molecular weight is 191 g/mol. The van der Waals surface area contributed by atoms with Gasteiger partial charge in [0.1, 0.15) is 0 Å². The first-order valence-corrected chi connectivity index (χ1v) is 4.31. The number of hydrazone groups is 1. The fraction of sp³-hybridized carbons (Fsp3) is 0.200. The monoisotopic (exact) mass is 191 g/mol. The molecule has 1 aromatic rings. The van der Waals surface area contributed by atoms with E-state index < -0.39 is 6.03 Å². The molecule has 0 saturated heterocycles. The molecule has 0 fully saturated rings. The molecule has 4 nitrogen and oxygen atoms in total. The summed E-state index contributed by atoms with van der Waals surface area (Å²) in [4.78, 5) is 10.4. The lowest BCUT2D eigenvalue weighted by Crippen LogP contribution is -2.25. The highest BCUT2D eigenvalue weighted by Crippen LogP contribution is 2.00. The molecule has 3 N–H and O–H groups in total. The number of amides is 2. The summed E-state index contributed by atoms with van der Waals surface area (Å²) in [6, 6.07) is 9.25. The molecule has 0 aromatic heterocycles. The Balaban J connectivity index is 2.53. The molecule has 1 aromatic carbocycles. The van der Waals surface area contributed by atoms with E-state index in [1.54, 1.807) is 0 Å². The lowest BCUT2D eigenvalue weighted by Gasteiger charge is -2.00. The first-order valence-electron chi connectivity index (χ1n) is 4.31. The van der Waals surface area contributed by atoms with Crippen LogP contribution >= 0.6 is 0 Å². The number of hydrogen-bond donors (Lipinski definition) is 2. The standard InChI is InChI=1S/C10H13N3O/c1-8(12-13-10(11)14)7-9-5-3-2-4-6-9/h2-6H,7H2,1H3,(H3,11,13,14). The van der Waals surface area contributed by atoms with Crippen molar-refractivity contribution in [3.05, 3.63) is 35.9 Å². The average Bonchev–Trinajstić information content (AvgIpc) is 2.16. The van der Waals surface area contributed by atoms with E-state index in [4.69, 9.17) is 5.73 Å². The van der Waals surface area contributed by atoms with Gasteiger partial charge in [-0.3, -0.25) is 0 Å². The maximum atomic E-state index is 10.4. The molecule has 0 spiro atoms. The van der Waals surface area contributed by atoms with E-state index >= 15 is 0 Å². The number of carbonyl (C=O) groups is 1. The summed E-state index contributed by atoms with van der Waals surface area (Å²) in [6.45, 7) is 1.84. The van der Waals surface area contributed by atoms with E-state index in [1.165, 1.54) is 0 Å². The predicted octanol–water partition coefficient (Wildman–Crippen LogP) is 1.27. The van der Waals surface area contributed by atoms with Crippen LogP contribution in [0.4, 0.5) is 4.79 Å². The minimum Gasteiger partial charge on any atom is -0.350 e. The summed E-state index contributed by atoms with van der Waals surface area (Å²) < 4.78 is 0. The van der Waals surface area contributed by atoms with Gasteiger partial charge in [0.2, 0.25) is 0 Å². The van der Waals surface area contributed by atoms with Crippen LogP contribution in [0.1, 0.15) is 12.5 Å². The zero-order chi connectivity index (χ0) is 10.4. The third-order valence-electron chi connectivity index (χ3n) is 1.66. The maximum Gasteiger partial charge on any atom is 0.332 e. The van der Waals surface area contributed by atoms with Crippen LogP contribution in [0.2, 0.25) is 0 Å². The smallest absolute Gasteiger partial charge is 0.332 e. The number of carbonyl (C=O) groups excluding carboxylic acids is 1. The largest absolute Gasteiger partial charge is 0.350 e. The quantitative estimate of drug-likeness (QED) is 0.548. The molecule has 2 amide bonds. The second kappa shape index (κ2) is 5.01. The molecule has 0 aliphatic heterocycles. The van der Waals surface area contributed by atoms with Gasteiger partial charge in [0, 0.05) is 12.1 Å². The first kappa shape index (κ1) is 10.2.